The fourth-order valence-corrected chi connectivity index (χ4v) is 3.83. The van der Waals surface area contributed by atoms with Crippen LogP contribution in [-0.4, -0.2) is 35.1 Å². The van der Waals surface area contributed by atoms with Crippen molar-refractivity contribution in [3.63, 3.8) is 0 Å². The van der Waals surface area contributed by atoms with Crippen molar-refractivity contribution in [2.24, 2.45) is 13.0 Å². The molecule has 0 aliphatic carbocycles. The molecule has 0 saturated carbocycles. The minimum Gasteiger partial charge on any atom is -0.352 e. The van der Waals surface area contributed by atoms with E-state index in [0.29, 0.717) is 18.9 Å². The van der Waals surface area contributed by atoms with E-state index in [-0.39, 0.29) is 17.4 Å². The maximum atomic E-state index is 13.0. The van der Waals surface area contributed by atoms with Gasteiger partial charge in [-0.3, -0.25) is 9.59 Å². The lowest BCUT2D eigenvalue weighted by atomic mass is 9.95. The average molecular weight is 338 g/mol. The highest BCUT2D eigenvalue weighted by Gasteiger charge is 2.33. The molecule has 2 aromatic rings. The quantitative estimate of drug-likeness (QED) is 0.834. The minimum absolute atomic E-state index is 0.0231. The van der Waals surface area contributed by atoms with Gasteiger partial charge in [0.1, 0.15) is 0 Å². The lowest BCUT2D eigenvalue weighted by Crippen LogP contribution is -2.44. The monoisotopic (exact) mass is 338 g/mol. The lowest BCUT2D eigenvalue weighted by molar-refractivity contribution is -0.122. The molecule has 0 radical (unpaired) electrons. The van der Waals surface area contributed by atoms with Crippen molar-refractivity contribution in [2.75, 3.05) is 29.4 Å². The van der Waals surface area contributed by atoms with Gasteiger partial charge >= 0.3 is 0 Å². The first kappa shape index (κ1) is 15.9. The Hall–Kier alpha value is -2.63. The number of rotatable bonds is 2. The minimum atomic E-state index is -0.0826. The molecular weight excluding hydrogens is 316 g/mol. The number of piperidine rings is 1. The summed E-state index contributed by atoms with van der Waals surface area (Å²) in [5, 5.41) is 0. The molecule has 6 nitrogen and oxygen atoms in total. The summed E-state index contributed by atoms with van der Waals surface area (Å²) in [5.41, 5.74) is 2.24. The Morgan fingerprint density at radius 3 is 2.72 bits per heavy atom. The van der Waals surface area contributed by atoms with Gasteiger partial charge in [-0.05, 0) is 30.9 Å². The second-order valence-electron chi connectivity index (χ2n) is 6.80. The molecule has 1 saturated heterocycles. The van der Waals surface area contributed by atoms with Crippen LogP contribution in [0.2, 0.25) is 0 Å². The number of carbonyl (C=O) groups is 1. The van der Waals surface area contributed by atoms with Crippen LogP contribution in [0.25, 0.3) is 0 Å². The summed E-state index contributed by atoms with van der Waals surface area (Å²) < 4.78 is 1.54. The van der Waals surface area contributed by atoms with Crippen LogP contribution in [0.3, 0.4) is 0 Å². The predicted molar refractivity (Wildman–Crippen MR) is 96.9 cm³/mol. The van der Waals surface area contributed by atoms with Gasteiger partial charge in [0.2, 0.25) is 5.91 Å². The highest BCUT2D eigenvalue weighted by atomic mass is 16.2. The summed E-state index contributed by atoms with van der Waals surface area (Å²) in [6.07, 6.45) is 5.77. The molecule has 25 heavy (non-hydrogen) atoms. The Balaban J connectivity index is 1.45. The lowest BCUT2D eigenvalue weighted by Gasteiger charge is -2.33. The summed E-state index contributed by atoms with van der Waals surface area (Å²) in [6.45, 7) is 2.16. The number of hydrogen-bond acceptors (Lipinski definition) is 4. The van der Waals surface area contributed by atoms with Crippen LogP contribution in [0, 0.1) is 5.92 Å². The van der Waals surface area contributed by atoms with Crippen LogP contribution in [0.4, 0.5) is 11.5 Å². The number of nitrogens with zero attached hydrogens (tertiary/aromatic N) is 4. The van der Waals surface area contributed by atoms with Gasteiger partial charge in [-0.25, -0.2) is 4.98 Å². The third-order valence-corrected chi connectivity index (χ3v) is 5.30. The third kappa shape index (κ3) is 2.81. The van der Waals surface area contributed by atoms with E-state index in [1.54, 1.807) is 24.0 Å². The molecule has 6 heteroatoms. The van der Waals surface area contributed by atoms with Crippen LogP contribution >= 0.6 is 0 Å². The molecule has 130 valence electrons. The van der Waals surface area contributed by atoms with E-state index in [1.807, 2.05) is 28.0 Å². The van der Waals surface area contributed by atoms with Gasteiger partial charge in [0.25, 0.3) is 5.56 Å². The van der Waals surface area contributed by atoms with E-state index >= 15 is 0 Å². The van der Waals surface area contributed by atoms with E-state index in [9.17, 15) is 9.59 Å². The number of para-hydroxylation sites is 1. The summed E-state index contributed by atoms with van der Waals surface area (Å²) in [6, 6.07) is 8.15. The molecule has 3 heterocycles. The number of aryl methyl sites for hydroxylation is 1. The molecule has 1 aromatic heterocycles. The summed E-state index contributed by atoms with van der Waals surface area (Å²) in [4.78, 5) is 33.3. The van der Waals surface area contributed by atoms with Crippen LogP contribution in [0.5, 0.6) is 0 Å². The van der Waals surface area contributed by atoms with Crippen LogP contribution in [0.15, 0.2) is 41.5 Å². The van der Waals surface area contributed by atoms with Gasteiger partial charge in [-0.2, -0.15) is 0 Å². The SMILES string of the molecule is Cn1ccnc(N2CCC(C(=O)N3CCc4ccccc43)CC2)c1=O. The maximum absolute atomic E-state index is 13.0. The van der Waals surface area contributed by atoms with Crippen molar-refractivity contribution in [3.05, 3.63) is 52.6 Å². The summed E-state index contributed by atoms with van der Waals surface area (Å²) >= 11 is 0. The molecular formula is C19H22N4O2. The Morgan fingerprint density at radius 2 is 1.92 bits per heavy atom. The van der Waals surface area contributed by atoms with Crippen molar-refractivity contribution in [2.45, 2.75) is 19.3 Å². The molecule has 2 aliphatic heterocycles. The average Bonchev–Trinajstić information content (AvgIpc) is 3.08. The fraction of sp³-hybridized carbons (Fsp3) is 0.421. The smallest absolute Gasteiger partial charge is 0.293 e. The molecule has 0 N–H and O–H groups in total. The molecule has 4 rings (SSSR count). The van der Waals surface area contributed by atoms with Crippen molar-refractivity contribution in [1.82, 2.24) is 9.55 Å². The number of benzene rings is 1. The standard InChI is InChI=1S/C19H22N4O2/c1-21-13-9-20-17(19(21)25)22-10-6-15(7-11-22)18(24)23-12-8-14-4-2-3-5-16(14)23/h2-5,9,13,15H,6-8,10-12H2,1H3. The van der Waals surface area contributed by atoms with Crippen molar-refractivity contribution in [3.8, 4) is 0 Å². The summed E-state index contributed by atoms with van der Waals surface area (Å²) in [5.74, 6) is 0.732. The molecule has 0 spiro atoms. The zero-order valence-electron chi connectivity index (χ0n) is 14.4. The zero-order chi connectivity index (χ0) is 17.4. The number of carbonyl (C=O) groups excluding carboxylic acids is 1. The van der Waals surface area contributed by atoms with Gasteiger partial charge in [-0.1, -0.05) is 18.2 Å². The van der Waals surface area contributed by atoms with E-state index < -0.39 is 0 Å². The molecule has 0 bridgehead atoms. The highest BCUT2D eigenvalue weighted by molar-refractivity contribution is 5.97. The maximum Gasteiger partial charge on any atom is 0.293 e. The van der Waals surface area contributed by atoms with E-state index in [2.05, 4.69) is 11.1 Å². The van der Waals surface area contributed by atoms with Crippen LogP contribution in [-0.2, 0) is 18.3 Å². The Morgan fingerprint density at radius 1 is 1.16 bits per heavy atom. The zero-order valence-corrected chi connectivity index (χ0v) is 14.4. The Kier molecular flexibility index (Phi) is 4.03. The Labute approximate surface area is 146 Å². The first-order chi connectivity index (χ1) is 12.1. The number of aromatic nitrogens is 2. The first-order valence-electron chi connectivity index (χ1n) is 8.81. The van der Waals surface area contributed by atoms with Crippen molar-refractivity contribution >= 4 is 17.4 Å². The normalized spacial score (nSPS) is 17.6. The van der Waals surface area contributed by atoms with E-state index in [0.717, 1.165) is 31.5 Å². The van der Waals surface area contributed by atoms with E-state index in [4.69, 9.17) is 0 Å². The van der Waals surface area contributed by atoms with Crippen LogP contribution in [0.1, 0.15) is 18.4 Å². The van der Waals surface area contributed by atoms with Crippen LogP contribution < -0.4 is 15.4 Å². The molecule has 0 unspecified atom stereocenters. The third-order valence-electron chi connectivity index (χ3n) is 5.30. The van der Waals surface area contributed by atoms with Crippen molar-refractivity contribution < 1.29 is 4.79 Å². The number of amides is 1. The Bertz CT molecular complexity index is 852. The second kappa shape index (κ2) is 6.35. The van der Waals surface area contributed by atoms with Gasteiger partial charge in [-0.15, -0.1) is 0 Å². The molecule has 2 aliphatic rings. The molecule has 0 atom stereocenters. The topological polar surface area (TPSA) is 58.4 Å². The first-order valence-corrected chi connectivity index (χ1v) is 8.81. The van der Waals surface area contributed by atoms with Gasteiger partial charge in [0.05, 0.1) is 0 Å². The van der Waals surface area contributed by atoms with E-state index in [1.165, 1.54) is 5.56 Å². The highest BCUT2D eigenvalue weighted by Crippen LogP contribution is 2.31. The van der Waals surface area contributed by atoms with Gasteiger partial charge < -0.3 is 14.4 Å². The number of fused-ring (bicyclic) bond motifs is 1. The van der Waals surface area contributed by atoms with Gasteiger partial charge in [0, 0.05) is 50.7 Å². The van der Waals surface area contributed by atoms with Crippen molar-refractivity contribution in [1.29, 1.82) is 0 Å². The molecule has 1 fully saturated rings. The number of hydrogen-bond donors (Lipinski definition) is 0. The molecule has 1 amide bonds. The largest absolute Gasteiger partial charge is 0.352 e. The predicted octanol–water partition coefficient (Wildman–Crippen LogP) is 1.59. The second-order valence-corrected chi connectivity index (χ2v) is 6.80. The number of anilines is 2. The molecule has 1 aromatic carbocycles. The fourth-order valence-electron chi connectivity index (χ4n) is 3.83. The van der Waals surface area contributed by atoms with Gasteiger partial charge in [0.15, 0.2) is 5.82 Å². The summed E-state index contributed by atoms with van der Waals surface area (Å²) in [7, 11) is 1.73.